The van der Waals surface area contributed by atoms with Crippen LogP contribution in [0.2, 0.25) is 0 Å². The van der Waals surface area contributed by atoms with E-state index in [1.165, 1.54) is 28.2 Å². The van der Waals surface area contributed by atoms with Gasteiger partial charge in [-0.25, -0.2) is 14.2 Å². The summed E-state index contributed by atoms with van der Waals surface area (Å²) in [7, 11) is 0. The second-order valence-electron chi connectivity index (χ2n) is 3.38. The topological polar surface area (TPSA) is 61.9 Å². The van der Waals surface area contributed by atoms with Crippen LogP contribution >= 0.6 is 0 Å². The van der Waals surface area contributed by atoms with Gasteiger partial charge in [-0.3, -0.25) is 4.57 Å². The molecule has 1 aliphatic heterocycles. The number of aromatic nitrogens is 2. The van der Waals surface area contributed by atoms with Crippen molar-refractivity contribution in [3.05, 3.63) is 18.7 Å². The van der Waals surface area contributed by atoms with Crippen molar-refractivity contribution in [2.24, 2.45) is 0 Å². The monoisotopic (exact) mass is 208 g/mol. The molecule has 0 saturated carbocycles. The fraction of sp³-hybridized carbons (Fsp3) is 0.444. The first kappa shape index (κ1) is 9.65. The molecule has 2 rings (SSSR count). The number of hydrogen-bond donors (Lipinski definition) is 0. The minimum Gasteiger partial charge on any atom is -0.305 e. The summed E-state index contributed by atoms with van der Waals surface area (Å²) >= 11 is 0. The van der Waals surface area contributed by atoms with E-state index in [0.717, 1.165) is 0 Å². The van der Waals surface area contributed by atoms with Crippen LogP contribution in [0.15, 0.2) is 18.7 Å². The van der Waals surface area contributed by atoms with Crippen LogP contribution in [0.25, 0.3) is 0 Å². The summed E-state index contributed by atoms with van der Waals surface area (Å²) in [6, 6.07) is 0.844. The second kappa shape index (κ2) is 3.69. The largest absolute Gasteiger partial charge is 0.330 e. The molecule has 78 valence electrons. The van der Waals surface area contributed by atoms with Crippen molar-refractivity contribution in [1.29, 1.82) is 5.26 Å². The molecule has 2 atom stereocenters. The van der Waals surface area contributed by atoms with Gasteiger partial charge in [0.2, 0.25) is 0 Å². The predicted molar refractivity (Wildman–Crippen MR) is 48.6 cm³/mol. The highest BCUT2D eigenvalue weighted by molar-refractivity contribution is 5.77. The molecule has 5 nitrogen and oxygen atoms in total. The Balaban J connectivity index is 2.18. The first-order valence-electron chi connectivity index (χ1n) is 4.55. The molecule has 6 heteroatoms. The third-order valence-electron chi connectivity index (χ3n) is 2.37. The van der Waals surface area contributed by atoms with Gasteiger partial charge in [0.1, 0.15) is 18.5 Å². The van der Waals surface area contributed by atoms with Crippen molar-refractivity contribution < 1.29 is 9.18 Å². The van der Waals surface area contributed by atoms with Crippen molar-refractivity contribution in [3.8, 4) is 6.07 Å². The molecular weight excluding hydrogens is 199 g/mol. The molecule has 1 aliphatic rings. The SMILES string of the molecule is N#C[C@@H]1C[C@H](F)CN1C(=O)n1ccnc1. The number of amides is 1. The molecule has 1 fully saturated rings. The van der Waals surface area contributed by atoms with E-state index in [4.69, 9.17) is 5.26 Å². The molecule has 0 bridgehead atoms. The van der Waals surface area contributed by atoms with Gasteiger partial charge in [0.25, 0.3) is 0 Å². The van der Waals surface area contributed by atoms with Crippen molar-refractivity contribution in [2.75, 3.05) is 6.54 Å². The minimum atomic E-state index is -1.11. The third-order valence-corrected chi connectivity index (χ3v) is 2.37. The highest BCUT2D eigenvalue weighted by atomic mass is 19.1. The number of likely N-dealkylation sites (tertiary alicyclic amines) is 1. The number of imidazole rings is 1. The summed E-state index contributed by atoms with van der Waals surface area (Å²) < 4.78 is 14.3. The van der Waals surface area contributed by atoms with Crippen molar-refractivity contribution >= 4 is 6.03 Å². The predicted octanol–water partition coefficient (Wildman–Crippen LogP) is 0.787. The lowest BCUT2D eigenvalue weighted by Gasteiger charge is -2.18. The Kier molecular flexibility index (Phi) is 2.37. The number of hydrogen-bond acceptors (Lipinski definition) is 3. The zero-order valence-corrected chi connectivity index (χ0v) is 7.88. The molecule has 0 aromatic carbocycles. The quantitative estimate of drug-likeness (QED) is 0.633. The number of nitrogens with zero attached hydrogens (tertiary/aromatic N) is 4. The standard InChI is InChI=1S/C9H9FN4O/c10-7-3-8(4-11)14(5-7)9(15)13-2-1-12-6-13/h1-2,6-8H,3,5H2/t7-,8-/m0/s1. The van der Waals surface area contributed by atoms with Crippen LogP contribution in [0.1, 0.15) is 6.42 Å². The van der Waals surface area contributed by atoms with E-state index in [1.54, 1.807) is 0 Å². The van der Waals surface area contributed by atoms with Crippen LogP contribution in [-0.4, -0.2) is 39.2 Å². The van der Waals surface area contributed by atoms with E-state index in [2.05, 4.69) is 4.98 Å². The average Bonchev–Trinajstić information content (AvgIpc) is 2.84. The molecule has 1 amide bonds. The van der Waals surface area contributed by atoms with Crippen molar-refractivity contribution in [2.45, 2.75) is 18.6 Å². The molecule has 1 saturated heterocycles. The highest BCUT2D eigenvalue weighted by Crippen LogP contribution is 2.20. The van der Waals surface area contributed by atoms with E-state index in [-0.39, 0.29) is 13.0 Å². The Morgan fingerprint density at radius 2 is 2.47 bits per heavy atom. The number of carbonyl (C=O) groups is 1. The van der Waals surface area contributed by atoms with Gasteiger partial charge >= 0.3 is 6.03 Å². The Morgan fingerprint density at radius 1 is 1.67 bits per heavy atom. The van der Waals surface area contributed by atoms with Gasteiger partial charge in [-0.15, -0.1) is 0 Å². The van der Waals surface area contributed by atoms with E-state index >= 15 is 0 Å². The Bertz CT molecular complexity index is 397. The van der Waals surface area contributed by atoms with E-state index in [0.29, 0.717) is 0 Å². The Morgan fingerprint density at radius 3 is 3.07 bits per heavy atom. The smallest absolute Gasteiger partial charge is 0.305 e. The maximum atomic E-state index is 13.0. The maximum absolute atomic E-state index is 13.0. The van der Waals surface area contributed by atoms with Crippen LogP contribution in [0, 0.1) is 11.3 Å². The van der Waals surface area contributed by atoms with Gasteiger partial charge in [0.15, 0.2) is 0 Å². The zero-order chi connectivity index (χ0) is 10.8. The Hall–Kier alpha value is -1.90. The first-order valence-corrected chi connectivity index (χ1v) is 4.55. The molecule has 0 spiro atoms. The van der Waals surface area contributed by atoms with E-state index < -0.39 is 18.2 Å². The summed E-state index contributed by atoms with van der Waals surface area (Å²) in [6.07, 6.45) is 3.26. The normalized spacial score (nSPS) is 25.2. The number of carbonyl (C=O) groups excluding carboxylic acids is 1. The van der Waals surface area contributed by atoms with Gasteiger partial charge < -0.3 is 4.90 Å². The van der Waals surface area contributed by atoms with E-state index in [1.807, 2.05) is 6.07 Å². The first-order chi connectivity index (χ1) is 7.22. The fourth-order valence-corrected chi connectivity index (χ4v) is 1.64. The summed E-state index contributed by atoms with van der Waals surface area (Å²) in [4.78, 5) is 16.7. The highest BCUT2D eigenvalue weighted by Gasteiger charge is 2.35. The average molecular weight is 208 g/mol. The lowest BCUT2D eigenvalue weighted by atomic mass is 10.2. The molecule has 1 aromatic heterocycles. The number of nitriles is 1. The van der Waals surface area contributed by atoms with Crippen LogP contribution in [0.5, 0.6) is 0 Å². The molecule has 0 unspecified atom stereocenters. The number of alkyl halides is 1. The zero-order valence-electron chi connectivity index (χ0n) is 7.88. The molecule has 1 aromatic rings. The fourth-order valence-electron chi connectivity index (χ4n) is 1.64. The molecular formula is C9H9FN4O. The summed E-state index contributed by atoms with van der Waals surface area (Å²) in [5.74, 6) is 0. The van der Waals surface area contributed by atoms with Gasteiger partial charge in [0.05, 0.1) is 12.6 Å². The van der Waals surface area contributed by atoms with Gasteiger partial charge in [-0.05, 0) is 0 Å². The van der Waals surface area contributed by atoms with Crippen LogP contribution in [0.4, 0.5) is 9.18 Å². The Labute approximate surface area is 85.7 Å². The minimum absolute atomic E-state index is 0.0186. The van der Waals surface area contributed by atoms with Crippen molar-refractivity contribution in [3.63, 3.8) is 0 Å². The molecule has 0 N–H and O–H groups in total. The van der Waals surface area contributed by atoms with Crippen molar-refractivity contribution in [1.82, 2.24) is 14.5 Å². The summed E-state index contributed by atoms with van der Waals surface area (Å²) in [5.41, 5.74) is 0. The number of rotatable bonds is 0. The van der Waals surface area contributed by atoms with Crippen LogP contribution in [-0.2, 0) is 0 Å². The maximum Gasteiger partial charge on any atom is 0.330 e. The summed E-state index contributed by atoms with van der Waals surface area (Å²) in [6.45, 7) is -0.0186. The van der Waals surface area contributed by atoms with Gasteiger partial charge in [0, 0.05) is 18.8 Å². The lowest BCUT2D eigenvalue weighted by molar-refractivity contribution is 0.199. The van der Waals surface area contributed by atoms with E-state index in [9.17, 15) is 9.18 Å². The molecule has 0 aliphatic carbocycles. The second-order valence-corrected chi connectivity index (χ2v) is 3.38. The molecule has 0 radical (unpaired) electrons. The molecule has 15 heavy (non-hydrogen) atoms. The molecule has 2 heterocycles. The van der Waals surface area contributed by atoms with Gasteiger partial charge in [-0.2, -0.15) is 5.26 Å². The third kappa shape index (κ3) is 1.68. The van der Waals surface area contributed by atoms with Crippen LogP contribution < -0.4 is 0 Å². The lowest BCUT2D eigenvalue weighted by Crippen LogP contribution is -2.37. The van der Waals surface area contributed by atoms with Crippen LogP contribution in [0.3, 0.4) is 0 Å². The van der Waals surface area contributed by atoms with Gasteiger partial charge in [-0.1, -0.05) is 0 Å². The number of halogens is 1. The summed E-state index contributed by atoms with van der Waals surface area (Å²) in [5, 5.41) is 8.77.